The number of carbonyl (C=O) groups excluding carboxylic acids is 1. The lowest BCUT2D eigenvalue weighted by molar-refractivity contribution is 0.0510. The second-order valence-corrected chi connectivity index (χ2v) is 7.94. The first-order valence-corrected chi connectivity index (χ1v) is 9.78. The Morgan fingerprint density at radius 2 is 2.20 bits per heavy atom. The third kappa shape index (κ3) is 2.99. The highest BCUT2D eigenvalue weighted by molar-refractivity contribution is 6.00. The van der Waals surface area contributed by atoms with Crippen molar-refractivity contribution in [2.45, 2.75) is 45.5 Å². The molecule has 10 heteroatoms. The highest BCUT2D eigenvalue weighted by atomic mass is 19.1. The number of ether oxygens (including phenoxy) is 2. The molecule has 2 bridgehead atoms. The van der Waals surface area contributed by atoms with Gasteiger partial charge in [-0.15, -0.1) is 0 Å². The average Bonchev–Trinajstić information content (AvgIpc) is 3.10. The van der Waals surface area contributed by atoms with Gasteiger partial charge in [0.15, 0.2) is 22.9 Å². The molecular weight excluding hydrogens is 391 g/mol. The van der Waals surface area contributed by atoms with E-state index in [2.05, 4.69) is 22.3 Å². The smallest absolute Gasteiger partial charge is 0.259 e. The van der Waals surface area contributed by atoms with E-state index in [4.69, 9.17) is 14.5 Å². The minimum Gasteiger partial charge on any atom is -0.486 e. The van der Waals surface area contributed by atoms with E-state index < -0.39 is 11.5 Å². The molecule has 3 aromatic rings. The predicted octanol–water partition coefficient (Wildman–Crippen LogP) is 2.30. The molecule has 2 aliphatic rings. The van der Waals surface area contributed by atoms with Gasteiger partial charge in [0, 0.05) is 5.56 Å². The molecule has 156 valence electrons. The lowest BCUT2D eigenvalue weighted by atomic mass is 10.1. The van der Waals surface area contributed by atoms with Crippen molar-refractivity contribution in [2.75, 3.05) is 11.5 Å². The molecule has 0 saturated heterocycles. The summed E-state index contributed by atoms with van der Waals surface area (Å²) >= 11 is 0. The van der Waals surface area contributed by atoms with Gasteiger partial charge in [-0.1, -0.05) is 6.92 Å². The van der Waals surface area contributed by atoms with Gasteiger partial charge in [0.1, 0.15) is 18.0 Å². The molecule has 3 aromatic heterocycles. The normalized spacial score (nSPS) is 19.9. The van der Waals surface area contributed by atoms with Crippen LogP contribution in [0.3, 0.4) is 0 Å². The highest BCUT2D eigenvalue weighted by Gasteiger charge is 2.33. The third-order valence-electron chi connectivity index (χ3n) is 5.30. The standard InChI is InChI=1S/C20H21FN6O3/c1-4-13-10-29-15-9-27-16-14(7-23-27)18(28)25-20(2,3)30-19-11(5-12(21)6-22-19)8-26(13)17(15)24-16/h5-7,9,13H,4,8,10H2,1-3H3,(H,25,28)/t13-/m1/s1. The number of halogens is 1. The zero-order valence-corrected chi connectivity index (χ0v) is 16.8. The first-order valence-electron chi connectivity index (χ1n) is 9.78. The summed E-state index contributed by atoms with van der Waals surface area (Å²) < 4.78 is 27.5. The van der Waals surface area contributed by atoms with Crippen LogP contribution in [0.4, 0.5) is 10.2 Å². The zero-order chi connectivity index (χ0) is 21.0. The Kier molecular flexibility index (Phi) is 4.05. The number of amides is 1. The number of anilines is 1. The zero-order valence-electron chi connectivity index (χ0n) is 16.8. The lowest BCUT2D eigenvalue weighted by Gasteiger charge is -2.38. The number of fused-ring (bicyclic) bond motifs is 1. The second kappa shape index (κ2) is 6.54. The van der Waals surface area contributed by atoms with Gasteiger partial charge < -0.3 is 19.7 Å². The first kappa shape index (κ1) is 18.6. The Morgan fingerprint density at radius 3 is 3.00 bits per heavy atom. The fourth-order valence-corrected chi connectivity index (χ4v) is 3.81. The van der Waals surface area contributed by atoms with E-state index in [1.54, 1.807) is 20.0 Å². The summed E-state index contributed by atoms with van der Waals surface area (Å²) in [5.41, 5.74) is 0.188. The molecule has 1 amide bonds. The van der Waals surface area contributed by atoms with Crippen molar-refractivity contribution in [1.29, 1.82) is 0 Å². The fourth-order valence-electron chi connectivity index (χ4n) is 3.81. The van der Waals surface area contributed by atoms with Crippen molar-refractivity contribution in [2.24, 2.45) is 0 Å². The molecule has 5 rings (SSSR count). The van der Waals surface area contributed by atoms with Crippen molar-refractivity contribution in [3.8, 4) is 11.6 Å². The molecule has 0 fully saturated rings. The van der Waals surface area contributed by atoms with Crippen LogP contribution in [0.5, 0.6) is 11.6 Å². The number of hydrogen-bond donors (Lipinski definition) is 1. The first-order chi connectivity index (χ1) is 14.3. The van der Waals surface area contributed by atoms with Crippen LogP contribution in [0.25, 0.3) is 5.65 Å². The van der Waals surface area contributed by atoms with E-state index in [1.165, 1.54) is 16.8 Å². The van der Waals surface area contributed by atoms with Gasteiger partial charge in [-0.05, 0) is 26.3 Å². The average molecular weight is 412 g/mol. The topological polar surface area (TPSA) is 93.9 Å². The van der Waals surface area contributed by atoms with Crippen LogP contribution in [-0.4, -0.2) is 43.9 Å². The number of nitrogens with one attached hydrogen (secondary N) is 1. The minimum absolute atomic E-state index is 0.0136. The van der Waals surface area contributed by atoms with Gasteiger partial charge in [-0.25, -0.2) is 18.9 Å². The second-order valence-electron chi connectivity index (χ2n) is 7.94. The Bertz CT molecular complexity index is 1160. The van der Waals surface area contributed by atoms with Crippen molar-refractivity contribution >= 4 is 17.4 Å². The molecule has 9 nitrogen and oxygen atoms in total. The molecule has 0 aromatic carbocycles. The molecule has 30 heavy (non-hydrogen) atoms. The van der Waals surface area contributed by atoms with E-state index in [0.717, 1.165) is 12.6 Å². The molecule has 2 aliphatic heterocycles. The van der Waals surface area contributed by atoms with Crippen LogP contribution in [0.2, 0.25) is 0 Å². The fraction of sp³-hybridized carbons (Fsp3) is 0.400. The van der Waals surface area contributed by atoms with Crippen LogP contribution >= 0.6 is 0 Å². The van der Waals surface area contributed by atoms with E-state index in [1.807, 2.05) is 4.90 Å². The Hall–Kier alpha value is -3.43. The summed E-state index contributed by atoms with van der Waals surface area (Å²) in [5.74, 6) is 0.523. The van der Waals surface area contributed by atoms with E-state index >= 15 is 0 Å². The molecule has 0 saturated carbocycles. The van der Waals surface area contributed by atoms with Crippen LogP contribution in [0.15, 0.2) is 24.7 Å². The molecule has 1 atom stereocenters. The maximum Gasteiger partial charge on any atom is 0.259 e. The molecule has 0 aliphatic carbocycles. The Morgan fingerprint density at radius 1 is 1.37 bits per heavy atom. The number of nitrogens with zero attached hydrogens (tertiary/aromatic N) is 5. The van der Waals surface area contributed by atoms with Crippen molar-refractivity contribution in [1.82, 2.24) is 24.9 Å². The van der Waals surface area contributed by atoms with Gasteiger partial charge in [0.25, 0.3) is 5.91 Å². The van der Waals surface area contributed by atoms with Crippen LogP contribution < -0.4 is 19.7 Å². The van der Waals surface area contributed by atoms with Crippen molar-refractivity contribution in [3.63, 3.8) is 0 Å². The Labute approximate surface area is 171 Å². The molecule has 5 heterocycles. The largest absolute Gasteiger partial charge is 0.486 e. The lowest BCUT2D eigenvalue weighted by Crippen LogP contribution is -2.49. The molecular formula is C20H21FN6O3. The number of hydrogen-bond acceptors (Lipinski definition) is 7. The van der Waals surface area contributed by atoms with E-state index in [-0.39, 0.29) is 17.8 Å². The van der Waals surface area contributed by atoms with Crippen LogP contribution in [0, 0.1) is 5.82 Å². The number of carbonyl (C=O) groups is 1. The van der Waals surface area contributed by atoms with Crippen molar-refractivity contribution in [3.05, 3.63) is 41.6 Å². The van der Waals surface area contributed by atoms with E-state index in [9.17, 15) is 9.18 Å². The minimum atomic E-state index is -1.10. The van der Waals surface area contributed by atoms with Gasteiger partial charge in [-0.3, -0.25) is 4.79 Å². The quantitative estimate of drug-likeness (QED) is 0.655. The highest BCUT2D eigenvalue weighted by Crippen LogP contribution is 2.36. The summed E-state index contributed by atoms with van der Waals surface area (Å²) in [6.07, 6.45) is 5.08. The van der Waals surface area contributed by atoms with Crippen LogP contribution in [0.1, 0.15) is 43.1 Å². The van der Waals surface area contributed by atoms with Gasteiger partial charge >= 0.3 is 0 Å². The van der Waals surface area contributed by atoms with E-state index in [0.29, 0.717) is 41.5 Å². The summed E-state index contributed by atoms with van der Waals surface area (Å²) in [6.45, 7) is 6.24. The maximum atomic E-state index is 14.1. The molecule has 0 radical (unpaired) electrons. The van der Waals surface area contributed by atoms with Crippen molar-refractivity contribution < 1.29 is 18.7 Å². The van der Waals surface area contributed by atoms with Gasteiger partial charge in [-0.2, -0.15) is 5.10 Å². The Balaban J connectivity index is 1.75. The van der Waals surface area contributed by atoms with Gasteiger partial charge in [0.05, 0.1) is 31.2 Å². The maximum absolute atomic E-state index is 14.1. The predicted molar refractivity (Wildman–Crippen MR) is 105 cm³/mol. The molecule has 0 spiro atoms. The SMILES string of the molecule is CC[C@@H]1COc2cn3ncc4c3nc2N1Cc1cc(F)cnc1OC(C)(C)NC4=O. The number of pyridine rings is 1. The third-order valence-corrected chi connectivity index (χ3v) is 5.30. The molecule has 0 unspecified atom stereocenters. The van der Waals surface area contributed by atoms with Gasteiger partial charge in [0.2, 0.25) is 5.88 Å². The summed E-state index contributed by atoms with van der Waals surface area (Å²) in [4.78, 5) is 23.9. The molecule has 1 N–H and O–H groups in total. The summed E-state index contributed by atoms with van der Waals surface area (Å²) in [7, 11) is 0. The number of rotatable bonds is 1. The number of aromatic nitrogens is 4. The monoisotopic (exact) mass is 412 g/mol. The summed E-state index contributed by atoms with van der Waals surface area (Å²) in [6, 6.07) is 1.41. The van der Waals surface area contributed by atoms with Crippen LogP contribution in [-0.2, 0) is 6.54 Å². The summed E-state index contributed by atoms with van der Waals surface area (Å²) in [5, 5.41) is 7.08.